The number of hydrogen-bond acceptors (Lipinski definition) is 4. The molecule has 0 saturated heterocycles. The van der Waals surface area contributed by atoms with Crippen LogP contribution >= 0.6 is 11.6 Å². The molecule has 0 atom stereocenters. The third-order valence-electron chi connectivity index (χ3n) is 5.64. The molecule has 0 bridgehead atoms. The second kappa shape index (κ2) is 8.91. The number of aryl methyl sites for hydroxylation is 2. The third kappa shape index (κ3) is 5.20. The Labute approximate surface area is 198 Å². The van der Waals surface area contributed by atoms with E-state index in [0.29, 0.717) is 27.7 Å². The fourth-order valence-corrected chi connectivity index (χ4v) is 3.66. The summed E-state index contributed by atoms with van der Waals surface area (Å²) in [6.45, 7) is 10.7. The number of aromatic nitrogens is 1. The number of carbonyl (C=O) groups is 1. The van der Waals surface area contributed by atoms with Crippen molar-refractivity contribution in [3.8, 4) is 11.5 Å². The first kappa shape index (κ1) is 22.9. The lowest BCUT2D eigenvalue weighted by molar-refractivity contribution is 0.155. The molecule has 0 radical (unpaired) electrons. The zero-order valence-electron chi connectivity index (χ0n) is 19.5. The number of hydrogen-bond donors (Lipinski definition) is 1. The van der Waals surface area contributed by atoms with E-state index in [0.717, 1.165) is 22.2 Å². The molecule has 0 fully saturated rings. The van der Waals surface area contributed by atoms with Crippen LogP contribution in [0.1, 0.15) is 43.0 Å². The number of rotatable bonds is 4. The Morgan fingerprint density at radius 1 is 1.03 bits per heavy atom. The zero-order chi connectivity index (χ0) is 23.8. The largest absolute Gasteiger partial charge is 0.444 e. The molecule has 0 unspecified atom stereocenters. The molecule has 1 amide bonds. The molecule has 4 rings (SSSR count). The average molecular weight is 463 g/mol. The summed E-state index contributed by atoms with van der Waals surface area (Å²) < 4.78 is 11.3. The van der Waals surface area contributed by atoms with Gasteiger partial charge in [0, 0.05) is 5.69 Å². The van der Waals surface area contributed by atoms with Crippen molar-refractivity contribution in [3.63, 3.8) is 0 Å². The van der Waals surface area contributed by atoms with Crippen molar-refractivity contribution in [2.45, 2.75) is 46.6 Å². The number of fused-ring (bicyclic) bond motifs is 1. The van der Waals surface area contributed by atoms with E-state index in [1.165, 1.54) is 5.56 Å². The van der Waals surface area contributed by atoms with Crippen LogP contribution in [0.3, 0.4) is 0 Å². The van der Waals surface area contributed by atoms with Gasteiger partial charge in [0.15, 0.2) is 5.58 Å². The molecular weight excluding hydrogens is 436 g/mol. The third-order valence-corrected chi connectivity index (χ3v) is 5.97. The topological polar surface area (TPSA) is 64.4 Å². The molecule has 170 valence electrons. The molecule has 0 saturated carbocycles. The van der Waals surface area contributed by atoms with Crippen LogP contribution in [0.5, 0.6) is 0 Å². The Balaban J connectivity index is 1.46. The van der Waals surface area contributed by atoms with E-state index in [-0.39, 0.29) is 12.0 Å². The van der Waals surface area contributed by atoms with Gasteiger partial charge in [-0.05, 0) is 71.8 Å². The highest BCUT2D eigenvalue weighted by Crippen LogP contribution is 2.33. The number of carbonyl (C=O) groups excluding carboxylic acids is 1. The number of anilines is 1. The van der Waals surface area contributed by atoms with E-state index < -0.39 is 6.09 Å². The van der Waals surface area contributed by atoms with Crippen molar-refractivity contribution in [1.29, 1.82) is 0 Å². The lowest BCUT2D eigenvalue weighted by atomic mass is 9.87. The van der Waals surface area contributed by atoms with Crippen molar-refractivity contribution >= 4 is 34.5 Å². The lowest BCUT2D eigenvalue weighted by Crippen LogP contribution is -2.14. The molecule has 1 N–H and O–H groups in total. The van der Waals surface area contributed by atoms with Crippen LogP contribution in [0.25, 0.3) is 22.6 Å². The molecule has 5 nitrogen and oxygen atoms in total. The van der Waals surface area contributed by atoms with E-state index in [2.05, 4.69) is 43.2 Å². The molecule has 0 spiro atoms. The number of ether oxygens (including phenoxy) is 1. The number of benzene rings is 3. The summed E-state index contributed by atoms with van der Waals surface area (Å²) >= 11 is 6.40. The van der Waals surface area contributed by atoms with Crippen LogP contribution in [-0.2, 0) is 16.8 Å². The van der Waals surface area contributed by atoms with Gasteiger partial charge in [0.25, 0.3) is 0 Å². The maximum atomic E-state index is 12.4. The van der Waals surface area contributed by atoms with Gasteiger partial charge in [-0.15, -0.1) is 0 Å². The van der Waals surface area contributed by atoms with Crippen molar-refractivity contribution in [2.24, 2.45) is 0 Å². The van der Waals surface area contributed by atoms with Gasteiger partial charge in [-0.3, -0.25) is 5.32 Å². The highest BCUT2D eigenvalue weighted by Gasteiger charge is 2.15. The Kier molecular flexibility index (Phi) is 6.17. The molecule has 33 heavy (non-hydrogen) atoms. The van der Waals surface area contributed by atoms with Crippen LogP contribution in [-0.4, -0.2) is 11.1 Å². The second-order valence-corrected chi connectivity index (χ2v) is 9.67. The quantitative estimate of drug-likeness (QED) is 0.336. The minimum Gasteiger partial charge on any atom is -0.444 e. The summed E-state index contributed by atoms with van der Waals surface area (Å²) in [6.07, 6.45) is -0.549. The highest BCUT2D eigenvalue weighted by molar-refractivity contribution is 6.33. The van der Waals surface area contributed by atoms with Crippen LogP contribution in [0.15, 0.2) is 59.0 Å². The van der Waals surface area contributed by atoms with E-state index >= 15 is 0 Å². The number of nitrogens with zero attached hydrogens (tertiary/aromatic N) is 1. The lowest BCUT2D eigenvalue weighted by Gasteiger charge is -2.19. The maximum Gasteiger partial charge on any atom is 0.411 e. The van der Waals surface area contributed by atoms with Gasteiger partial charge in [-0.2, -0.15) is 0 Å². The standard InChI is InChI=1S/C27H27ClN2O3/c1-16-12-23-24(13-17(16)2)33-25(30-23)21-14-20(10-11-22(21)28)29-26(31)32-15-18-6-8-19(9-7-18)27(3,4)5/h6-14H,15H2,1-5H3,(H,29,31). The Bertz CT molecular complexity index is 1280. The van der Waals surface area contributed by atoms with E-state index in [9.17, 15) is 4.79 Å². The molecule has 0 aliphatic heterocycles. The summed E-state index contributed by atoms with van der Waals surface area (Å²) in [5.41, 5.74) is 7.09. The van der Waals surface area contributed by atoms with Crippen LogP contribution in [0, 0.1) is 13.8 Å². The maximum absolute atomic E-state index is 12.4. The highest BCUT2D eigenvalue weighted by atomic mass is 35.5. The number of oxazole rings is 1. The average Bonchev–Trinajstić information content (AvgIpc) is 3.16. The SMILES string of the molecule is Cc1cc2nc(-c3cc(NC(=O)OCc4ccc(C(C)(C)C)cc4)ccc3Cl)oc2cc1C. The molecule has 1 aromatic heterocycles. The molecule has 0 aliphatic rings. The Hall–Kier alpha value is -3.31. The van der Waals surface area contributed by atoms with Gasteiger partial charge in [0.05, 0.1) is 10.6 Å². The zero-order valence-corrected chi connectivity index (χ0v) is 20.2. The van der Waals surface area contributed by atoms with Crippen molar-refractivity contribution in [3.05, 3.63) is 81.9 Å². The second-order valence-electron chi connectivity index (χ2n) is 9.27. The number of nitrogens with one attached hydrogen (secondary N) is 1. The van der Waals surface area contributed by atoms with Crippen LogP contribution < -0.4 is 5.32 Å². The number of halogens is 1. The Morgan fingerprint density at radius 3 is 2.42 bits per heavy atom. The van der Waals surface area contributed by atoms with Crippen LogP contribution in [0.4, 0.5) is 10.5 Å². The predicted octanol–water partition coefficient (Wildman–Crippen LogP) is 7.81. The van der Waals surface area contributed by atoms with Gasteiger partial charge >= 0.3 is 6.09 Å². The minimum atomic E-state index is -0.549. The molecular formula is C27H27ClN2O3. The summed E-state index contributed by atoms with van der Waals surface area (Å²) in [5, 5.41) is 3.23. The summed E-state index contributed by atoms with van der Waals surface area (Å²) in [6, 6.07) is 17.2. The first-order valence-electron chi connectivity index (χ1n) is 10.8. The molecule has 1 heterocycles. The normalized spacial score (nSPS) is 11.6. The van der Waals surface area contributed by atoms with E-state index in [1.54, 1.807) is 18.2 Å². The summed E-state index contributed by atoms with van der Waals surface area (Å²) in [7, 11) is 0. The van der Waals surface area contributed by atoms with Gasteiger partial charge in [0.1, 0.15) is 12.1 Å². The van der Waals surface area contributed by atoms with Crippen molar-refractivity contribution in [1.82, 2.24) is 4.98 Å². The van der Waals surface area contributed by atoms with Crippen LogP contribution in [0.2, 0.25) is 5.02 Å². The molecule has 4 aromatic rings. The molecule has 0 aliphatic carbocycles. The first-order chi connectivity index (χ1) is 15.6. The van der Waals surface area contributed by atoms with Gasteiger partial charge < -0.3 is 9.15 Å². The Morgan fingerprint density at radius 2 is 1.73 bits per heavy atom. The smallest absolute Gasteiger partial charge is 0.411 e. The molecule has 6 heteroatoms. The van der Waals surface area contributed by atoms with Crippen molar-refractivity contribution in [2.75, 3.05) is 5.32 Å². The van der Waals surface area contributed by atoms with Crippen molar-refractivity contribution < 1.29 is 13.9 Å². The van der Waals surface area contributed by atoms with E-state index in [1.807, 2.05) is 38.1 Å². The predicted molar refractivity (Wildman–Crippen MR) is 133 cm³/mol. The summed E-state index contributed by atoms with van der Waals surface area (Å²) in [5.74, 6) is 0.399. The fourth-order valence-electron chi connectivity index (χ4n) is 3.47. The summed E-state index contributed by atoms with van der Waals surface area (Å²) in [4.78, 5) is 16.9. The molecule has 3 aromatic carbocycles. The van der Waals surface area contributed by atoms with Gasteiger partial charge in [0.2, 0.25) is 5.89 Å². The first-order valence-corrected chi connectivity index (χ1v) is 11.2. The van der Waals surface area contributed by atoms with Gasteiger partial charge in [-0.1, -0.05) is 56.6 Å². The van der Waals surface area contributed by atoms with E-state index in [4.69, 9.17) is 20.8 Å². The fraction of sp³-hybridized carbons (Fsp3) is 0.259. The van der Waals surface area contributed by atoms with Gasteiger partial charge in [-0.25, -0.2) is 9.78 Å². The number of amides is 1. The monoisotopic (exact) mass is 462 g/mol. The minimum absolute atomic E-state index is 0.0788.